The van der Waals surface area contributed by atoms with Crippen molar-refractivity contribution in [3.05, 3.63) is 34.9 Å². The Morgan fingerprint density at radius 3 is 2.82 bits per heavy atom. The maximum atomic E-state index is 5.41. The fourth-order valence-electron chi connectivity index (χ4n) is 3.04. The zero-order valence-corrected chi connectivity index (χ0v) is 10.5. The van der Waals surface area contributed by atoms with Crippen molar-refractivity contribution in [1.82, 2.24) is 5.32 Å². The molecule has 1 unspecified atom stereocenters. The Morgan fingerprint density at radius 1 is 1.18 bits per heavy atom. The SMILES string of the molecule is Cc1ccc2c(c1)C(NC1CCOCC1)CC2. The normalized spacial score (nSPS) is 24.9. The summed E-state index contributed by atoms with van der Waals surface area (Å²) in [4.78, 5) is 0. The molecule has 2 aliphatic rings. The molecular formula is C15H21NO. The first-order chi connectivity index (χ1) is 8.33. The van der Waals surface area contributed by atoms with Crippen molar-refractivity contribution in [1.29, 1.82) is 0 Å². The van der Waals surface area contributed by atoms with Crippen molar-refractivity contribution in [3.63, 3.8) is 0 Å². The molecular weight excluding hydrogens is 210 g/mol. The summed E-state index contributed by atoms with van der Waals surface area (Å²) in [6, 6.07) is 8.12. The molecule has 1 aliphatic heterocycles. The third-order valence-corrected chi connectivity index (χ3v) is 4.04. The molecule has 17 heavy (non-hydrogen) atoms. The van der Waals surface area contributed by atoms with Gasteiger partial charge in [0, 0.05) is 25.3 Å². The van der Waals surface area contributed by atoms with Crippen LogP contribution in [-0.2, 0) is 11.2 Å². The minimum absolute atomic E-state index is 0.577. The molecule has 3 rings (SSSR count). The fraction of sp³-hybridized carbons (Fsp3) is 0.600. The molecule has 0 amide bonds. The fourth-order valence-corrected chi connectivity index (χ4v) is 3.04. The van der Waals surface area contributed by atoms with Gasteiger partial charge in [-0.05, 0) is 43.7 Å². The topological polar surface area (TPSA) is 21.3 Å². The number of fused-ring (bicyclic) bond motifs is 1. The highest BCUT2D eigenvalue weighted by atomic mass is 16.5. The first kappa shape index (κ1) is 11.2. The van der Waals surface area contributed by atoms with Crippen LogP contribution in [0, 0.1) is 6.92 Å². The summed E-state index contributed by atoms with van der Waals surface area (Å²) in [7, 11) is 0. The highest BCUT2D eigenvalue weighted by Crippen LogP contribution is 2.32. The third-order valence-electron chi connectivity index (χ3n) is 4.04. The molecule has 2 nitrogen and oxygen atoms in total. The zero-order valence-electron chi connectivity index (χ0n) is 10.5. The highest BCUT2D eigenvalue weighted by molar-refractivity contribution is 5.37. The summed E-state index contributed by atoms with van der Waals surface area (Å²) in [6.45, 7) is 4.03. The van der Waals surface area contributed by atoms with Gasteiger partial charge in [0.25, 0.3) is 0 Å². The van der Waals surface area contributed by atoms with Crippen LogP contribution in [0.1, 0.15) is 42.0 Å². The molecule has 1 aromatic carbocycles. The monoisotopic (exact) mass is 231 g/mol. The van der Waals surface area contributed by atoms with Gasteiger partial charge in [-0.25, -0.2) is 0 Å². The molecule has 1 fully saturated rings. The van der Waals surface area contributed by atoms with Crippen LogP contribution in [0.15, 0.2) is 18.2 Å². The summed E-state index contributed by atoms with van der Waals surface area (Å²) in [6.07, 6.45) is 4.82. The Kier molecular flexibility index (Phi) is 3.17. The summed E-state index contributed by atoms with van der Waals surface area (Å²) in [5.74, 6) is 0. The standard InChI is InChI=1S/C15H21NO/c1-11-2-3-12-4-5-15(14(12)10-11)16-13-6-8-17-9-7-13/h2-3,10,13,15-16H,4-9H2,1H3. The lowest BCUT2D eigenvalue weighted by molar-refractivity contribution is 0.0748. The van der Waals surface area contributed by atoms with Crippen LogP contribution in [0.25, 0.3) is 0 Å². The summed E-state index contributed by atoms with van der Waals surface area (Å²) in [5, 5.41) is 3.82. The number of hydrogen-bond acceptors (Lipinski definition) is 2. The van der Waals surface area contributed by atoms with E-state index in [9.17, 15) is 0 Å². The van der Waals surface area contributed by atoms with Gasteiger partial charge in [-0.15, -0.1) is 0 Å². The van der Waals surface area contributed by atoms with Crippen LogP contribution in [0.2, 0.25) is 0 Å². The molecule has 2 heteroatoms. The van der Waals surface area contributed by atoms with E-state index in [1.54, 1.807) is 5.56 Å². The number of benzene rings is 1. The third kappa shape index (κ3) is 2.38. The van der Waals surface area contributed by atoms with Gasteiger partial charge in [0.05, 0.1) is 0 Å². The summed E-state index contributed by atoms with van der Waals surface area (Å²) < 4.78 is 5.41. The van der Waals surface area contributed by atoms with Crippen molar-refractivity contribution in [2.45, 2.75) is 44.7 Å². The van der Waals surface area contributed by atoms with Gasteiger partial charge in [-0.2, -0.15) is 0 Å². The van der Waals surface area contributed by atoms with Gasteiger partial charge in [0.1, 0.15) is 0 Å². The molecule has 0 spiro atoms. The van der Waals surface area contributed by atoms with Gasteiger partial charge in [-0.1, -0.05) is 23.8 Å². The van der Waals surface area contributed by atoms with Crippen LogP contribution in [0.4, 0.5) is 0 Å². The lowest BCUT2D eigenvalue weighted by Crippen LogP contribution is -2.36. The number of nitrogens with one attached hydrogen (secondary N) is 1. The van der Waals surface area contributed by atoms with Gasteiger partial charge < -0.3 is 10.1 Å². The summed E-state index contributed by atoms with van der Waals surface area (Å²) in [5.41, 5.74) is 4.46. The minimum Gasteiger partial charge on any atom is -0.381 e. The van der Waals surface area contributed by atoms with Crippen molar-refractivity contribution in [3.8, 4) is 0 Å². The quantitative estimate of drug-likeness (QED) is 0.845. The second-order valence-electron chi connectivity index (χ2n) is 5.35. The molecule has 0 radical (unpaired) electrons. The Morgan fingerprint density at radius 2 is 2.00 bits per heavy atom. The van der Waals surface area contributed by atoms with Crippen molar-refractivity contribution < 1.29 is 4.74 Å². The van der Waals surface area contributed by atoms with E-state index in [0.717, 1.165) is 26.1 Å². The molecule has 1 heterocycles. The van der Waals surface area contributed by atoms with Crippen molar-refractivity contribution in [2.75, 3.05) is 13.2 Å². The molecule has 1 saturated heterocycles. The smallest absolute Gasteiger partial charge is 0.0480 e. The van der Waals surface area contributed by atoms with Gasteiger partial charge in [-0.3, -0.25) is 0 Å². The van der Waals surface area contributed by atoms with Gasteiger partial charge in [0.2, 0.25) is 0 Å². The Bertz CT molecular complexity index is 396. The van der Waals surface area contributed by atoms with Crippen LogP contribution in [0.5, 0.6) is 0 Å². The van der Waals surface area contributed by atoms with Crippen LogP contribution < -0.4 is 5.32 Å². The Hall–Kier alpha value is -0.860. The van der Waals surface area contributed by atoms with Gasteiger partial charge in [0.15, 0.2) is 0 Å². The molecule has 0 aromatic heterocycles. The number of ether oxygens (including phenoxy) is 1. The molecule has 0 saturated carbocycles. The molecule has 0 bridgehead atoms. The zero-order chi connectivity index (χ0) is 11.7. The molecule has 1 atom stereocenters. The predicted molar refractivity (Wildman–Crippen MR) is 69.2 cm³/mol. The van der Waals surface area contributed by atoms with Gasteiger partial charge >= 0.3 is 0 Å². The maximum absolute atomic E-state index is 5.41. The summed E-state index contributed by atoms with van der Waals surface area (Å²) >= 11 is 0. The van der Waals surface area contributed by atoms with E-state index >= 15 is 0 Å². The second kappa shape index (κ2) is 4.79. The average Bonchev–Trinajstić information content (AvgIpc) is 2.73. The van der Waals surface area contributed by atoms with E-state index in [-0.39, 0.29) is 0 Å². The Balaban J connectivity index is 1.72. The average molecular weight is 231 g/mol. The van der Waals surface area contributed by atoms with E-state index in [1.165, 1.54) is 24.0 Å². The first-order valence-corrected chi connectivity index (χ1v) is 6.76. The van der Waals surface area contributed by atoms with Crippen LogP contribution in [-0.4, -0.2) is 19.3 Å². The predicted octanol–water partition coefficient (Wildman–Crippen LogP) is 2.75. The molecule has 1 aliphatic carbocycles. The molecule has 92 valence electrons. The second-order valence-corrected chi connectivity index (χ2v) is 5.35. The molecule has 1 aromatic rings. The van der Waals surface area contributed by atoms with Crippen LogP contribution in [0.3, 0.4) is 0 Å². The largest absolute Gasteiger partial charge is 0.381 e. The highest BCUT2D eigenvalue weighted by Gasteiger charge is 2.25. The van der Waals surface area contributed by atoms with E-state index in [0.29, 0.717) is 12.1 Å². The van der Waals surface area contributed by atoms with E-state index in [4.69, 9.17) is 4.74 Å². The Labute approximate surface area is 103 Å². The lowest BCUT2D eigenvalue weighted by atomic mass is 10.0. The molecule has 1 N–H and O–H groups in total. The minimum atomic E-state index is 0.577. The van der Waals surface area contributed by atoms with E-state index in [2.05, 4.69) is 30.4 Å². The maximum Gasteiger partial charge on any atom is 0.0480 e. The van der Waals surface area contributed by atoms with Crippen molar-refractivity contribution in [2.24, 2.45) is 0 Å². The van der Waals surface area contributed by atoms with Crippen molar-refractivity contribution >= 4 is 0 Å². The number of hydrogen-bond donors (Lipinski definition) is 1. The van der Waals surface area contributed by atoms with E-state index in [1.807, 2.05) is 0 Å². The lowest BCUT2D eigenvalue weighted by Gasteiger charge is -2.27. The first-order valence-electron chi connectivity index (χ1n) is 6.76. The number of aryl methyl sites for hydroxylation is 2. The van der Waals surface area contributed by atoms with Crippen LogP contribution >= 0.6 is 0 Å². The van der Waals surface area contributed by atoms with E-state index < -0.39 is 0 Å². The number of rotatable bonds is 2.